The number of fused-ring (bicyclic) bond motifs is 2. The zero-order chi connectivity index (χ0) is 28.3. The Labute approximate surface area is 235 Å². The first-order chi connectivity index (χ1) is 19.5. The van der Waals surface area contributed by atoms with Gasteiger partial charge in [0.25, 0.3) is 0 Å². The molecule has 0 spiro atoms. The average Bonchev–Trinajstić information content (AvgIpc) is 2.96. The van der Waals surface area contributed by atoms with Gasteiger partial charge in [-0.15, -0.1) is 13.2 Å². The highest BCUT2D eigenvalue weighted by molar-refractivity contribution is 5.88. The molecule has 0 aliphatic carbocycles. The van der Waals surface area contributed by atoms with Crippen molar-refractivity contribution in [3.05, 3.63) is 109 Å². The molecule has 0 aliphatic heterocycles. The summed E-state index contributed by atoms with van der Waals surface area (Å²) < 4.78 is 12.0. The zero-order valence-electron chi connectivity index (χ0n) is 22.7. The van der Waals surface area contributed by atoms with Crippen LogP contribution in [0.5, 0.6) is 11.5 Å². The van der Waals surface area contributed by atoms with Gasteiger partial charge in [-0.3, -0.25) is 9.59 Å². The predicted molar refractivity (Wildman–Crippen MR) is 162 cm³/mol. The second-order valence-corrected chi connectivity index (χ2v) is 9.67. The van der Waals surface area contributed by atoms with E-state index in [0.717, 1.165) is 50.6 Å². The SMILES string of the molecule is C=CCC(=O)NCCc1cccc2ccc(OCCOc3ccc4cccc(CCC(C=C)C(N)=O)c4c3)cc12. The summed E-state index contributed by atoms with van der Waals surface area (Å²) in [6.07, 6.45) is 5.61. The van der Waals surface area contributed by atoms with Crippen LogP contribution in [0.3, 0.4) is 0 Å². The monoisotopic (exact) mass is 536 g/mol. The van der Waals surface area contributed by atoms with Crippen molar-refractivity contribution >= 4 is 33.4 Å². The highest BCUT2D eigenvalue weighted by Gasteiger charge is 2.12. The predicted octanol–water partition coefficient (Wildman–Crippen LogP) is 5.91. The summed E-state index contributed by atoms with van der Waals surface area (Å²) in [6.45, 7) is 8.68. The van der Waals surface area contributed by atoms with E-state index in [2.05, 4.69) is 42.7 Å². The summed E-state index contributed by atoms with van der Waals surface area (Å²) in [5.74, 6) is 0.812. The third-order valence-electron chi connectivity index (χ3n) is 6.93. The normalized spacial score (nSPS) is 11.6. The van der Waals surface area contributed by atoms with Crippen molar-refractivity contribution < 1.29 is 19.1 Å². The number of carbonyl (C=O) groups excluding carboxylic acids is 2. The third-order valence-corrected chi connectivity index (χ3v) is 6.93. The van der Waals surface area contributed by atoms with Crippen molar-refractivity contribution in [1.29, 1.82) is 0 Å². The molecule has 0 saturated heterocycles. The summed E-state index contributed by atoms with van der Waals surface area (Å²) in [4.78, 5) is 23.3. The van der Waals surface area contributed by atoms with Crippen LogP contribution in [0.15, 0.2) is 98.1 Å². The summed E-state index contributed by atoms with van der Waals surface area (Å²) in [5, 5.41) is 7.36. The number of benzene rings is 4. The fourth-order valence-corrected chi connectivity index (χ4v) is 4.79. The van der Waals surface area contributed by atoms with Gasteiger partial charge in [-0.25, -0.2) is 0 Å². The van der Waals surface area contributed by atoms with E-state index in [0.29, 0.717) is 39.0 Å². The van der Waals surface area contributed by atoms with Crippen molar-refractivity contribution in [3.8, 4) is 11.5 Å². The molecule has 206 valence electrons. The van der Waals surface area contributed by atoms with Gasteiger partial charge in [-0.1, -0.05) is 60.7 Å². The second kappa shape index (κ2) is 14.0. The molecule has 2 amide bonds. The molecule has 6 heteroatoms. The van der Waals surface area contributed by atoms with Crippen molar-refractivity contribution in [1.82, 2.24) is 5.32 Å². The van der Waals surface area contributed by atoms with Crippen LogP contribution >= 0.6 is 0 Å². The summed E-state index contributed by atoms with van der Waals surface area (Å²) >= 11 is 0. The first-order valence-electron chi connectivity index (χ1n) is 13.6. The largest absolute Gasteiger partial charge is 0.490 e. The number of carbonyl (C=O) groups is 2. The lowest BCUT2D eigenvalue weighted by Crippen LogP contribution is -2.24. The number of primary amides is 1. The van der Waals surface area contributed by atoms with Gasteiger partial charge >= 0.3 is 0 Å². The van der Waals surface area contributed by atoms with Crippen LogP contribution in [-0.2, 0) is 22.4 Å². The molecule has 1 unspecified atom stereocenters. The van der Waals surface area contributed by atoms with Crippen LogP contribution in [0.2, 0.25) is 0 Å². The molecule has 4 aromatic rings. The molecular weight excluding hydrogens is 500 g/mol. The Balaban J connectivity index is 1.35. The minimum atomic E-state index is -0.352. The molecule has 6 nitrogen and oxygen atoms in total. The number of ether oxygens (including phenoxy) is 2. The molecule has 3 N–H and O–H groups in total. The maximum atomic E-state index is 11.7. The maximum absolute atomic E-state index is 11.7. The number of amides is 2. The number of hydrogen-bond acceptors (Lipinski definition) is 4. The van der Waals surface area contributed by atoms with Gasteiger partial charge in [0, 0.05) is 13.0 Å². The van der Waals surface area contributed by atoms with Crippen LogP contribution in [-0.4, -0.2) is 31.6 Å². The first-order valence-corrected chi connectivity index (χ1v) is 13.6. The van der Waals surface area contributed by atoms with Crippen molar-refractivity contribution in [2.24, 2.45) is 11.7 Å². The molecule has 0 aliphatic rings. The molecule has 4 aromatic carbocycles. The molecular formula is C34H36N2O4. The maximum Gasteiger partial charge on any atom is 0.224 e. The highest BCUT2D eigenvalue weighted by Crippen LogP contribution is 2.27. The highest BCUT2D eigenvalue weighted by atomic mass is 16.5. The van der Waals surface area contributed by atoms with Gasteiger partial charge in [0.1, 0.15) is 24.7 Å². The fraction of sp³-hybridized carbons (Fsp3) is 0.235. The van der Waals surface area contributed by atoms with E-state index in [-0.39, 0.29) is 17.7 Å². The molecule has 0 fully saturated rings. The molecule has 0 bridgehead atoms. The van der Waals surface area contributed by atoms with E-state index in [9.17, 15) is 9.59 Å². The van der Waals surface area contributed by atoms with Crippen molar-refractivity contribution in [2.75, 3.05) is 19.8 Å². The summed E-state index contributed by atoms with van der Waals surface area (Å²) in [7, 11) is 0. The zero-order valence-corrected chi connectivity index (χ0v) is 22.7. The van der Waals surface area contributed by atoms with Crippen LogP contribution in [0.25, 0.3) is 21.5 Å². The van der Waals surface area contributed by atoms with Gasteiger partial charge in [-0.05, 0) is 76.2 Å². The van der Waals surface area contributed by atoms with E-state index in [1.165, 1.54) is 0 Å². The lowest BCUT2D eigenvalue weighted by molar-refractivity contribution is -0.121. The molecule has 0 saturated carbocycles. The Bertz CT molecular complexity index is 1510. The number of nitrogens with two attached hydrogens (primary N) is 1. The Morgan fingerprint density at radius 2 is 1.40 bits per heavy atom. The molecule has 0 radical (unpaired) electrons. The van der Waals surface area contributed by atoms with Gasteiger partial charge in [0.15, 0.2) is 0 Å². The third kappa shape index (κ3) is 7.50. The van der Waals surface area contributed by atoms with Gasteiger partial charge in [0.05, 0.1) is 5.92 Å². The van der Waals surface area contributed by atoms with E-state index in [1.54, 1.807) is 12.2 Å². The second-order valence-electron chi connectivity index (χ2n) is 9.67. The summed E-state index contributed by atoms with van der Waals surface area (Å²) in [6, 6.07) is 24.4. The lowest BCUT2D eigenvalue weighted by Gasteiger charge is -2.13. The molecule has 0 heterocycles. The minimum absolute atomic E-state index is 0.0219. The summed E-state index contributed by atoms with van der Waals surface area (Å²) in [5.41, 5.74) is 7.76. The van der Waals surface area contributed by atoms with E-state index >= 15 is 0 Å². The molecule has 0 aromatic heterocycles. The van der Waals surface area contributed by atoms with Crippen LogP contribution in [0.4, 0.5) is 0 Å². The van der Waals surface area contributed by atoms with Gasteiger partial charge in [0.2, 0.25) is 11.8 Å². The Hall–Kier alpha value is -4.58. The van der Waals surface area contributed by atoms with E-state index < -0.39 is 0 Å². The standard InChI is InChI=1S/C34H36N2O4/c1-3-7-33(37)36-19-18-28-11-6-10-27-15-17-30(23-32(27)28)40-21-20-39-29-16-14-26-9-5-8-25(31(26)22-29)13-12-24(4-2)34(35)38/h3-6,8-11,14-17,22-24H,1-2,7,12-13,18-21H2,(H2,35,38)(H,36,37). The molecule has 4 rings (SSSR count). The number of hydrogen-bond donors (Lipinski definition) is 2. The van der Waals surface area contributed by atoms with Gasteiger partial charge < -0.3 is 20.5 Å². The Morgan fingerprint density at radius 3 is 1.93 bits per heavy atom. The molecule has 40 heavy (non-hydrogen) atoms. The topological polar surface area (TPSA) is 90.7 Å². The van der Waals surface area contributed by atoms with E-state index in [1.807, 2.05) is 48.5 Å². The first kappa shape index (κ1) is 28.4. The fourth-order valence-electron chi connectivity index (χ4n) is 4.79. The number of aryl methyl sites for hydroxylation is 1. The average molecular weight is 537 g/mol. The van der Waals surface area contributed by atoms with Crippen LogP contribution < -0.4 is 20.5 Å². The van der Waals surface area contributed by atoms with Crippen LogP contribution in [0, 0.1) is 5.92 Å². The smallest absolute Gasteiger partial charge is 0.224 e. The van der Waals surface area contributed by atoms with Gasteiger partial charge in [-0.2, -0.15) is 0 Å². The minimum Gasteiger partial charge on any atom is -0.490 e. The Kier molecular flexibility index (Phi) is 9.94. The quantitative estimate of drug-likeness (QED) is 0.146. The van der Waals surface area contributed by atoms with E-state index in [4.69, 9.17) is 15.2 Å². The number of rotatable bonds is 15. The Morgan fingerprint density at radius 1 is 0.825 bits per heavy atom. The number of nitrogens with one attached hydrogen (secondary N) is 1. The van der Waals surface area contributed by atoms with Crippen molar-refractivity contribution in [3.63, 3.8) is 0 Å². The lowest BCUT2D eigenvalue weighted by atomic mass is 9.95. The van der Waals surface area contributed by atoms with Crippen molar-refractivity contribution in [2.45, 2.75) is 25.7 Å². The molecule has 1 atom stereocenters. The van der Waals surface area contributed by atoms with Crippen LogP contribution in [0.1, 0.15) is 24.0 Å².